The molecule has 21 heavy (non-hydrogen) atoms. The van der Waals surface area contributed by atoms with Crippen molar-refractivity contribution in [1.82, 2.24) is 4.90 Å². The lowest BCUT2D eigenvalue weighted by atomic mass is 10.1. The highest BCUT2D eigenvalue weighted by atomic mass is 79.9. The lowest BCUT2D eigenvalue weighted by molar-refractivity contribution is 0.0785. The molecule has 0 unspecified atom stereocenters. The Balaban J connectivity index is 2.13. The highest BCUT2D eigenvalue weighted by Gasteiger charge is 2.13. The third-order valence-corrected chi connectivity index (χ3v) is 3.64. The standard InChI is InChI=1S/C16H12BrClN2O/c1-20(10-12-4-2-11(9-19)3-5-12)16(21)13-6-14(17)8-15(18)7-13/h2-8H,10H2,1H3. The SMILES string of the molecule is CN(Cc1ccc(C#N)cc1)C(=O)c1cc(Cl)cc(Br)c1. The van der Waals surface area contributed by atoms with Gasteiger partial charge in [0.15, 0.2) is 0 Å². The van der Waals surface area contributed by atoms with Crippen molar-refractivity contribution in [2.45, 2.75) is 6.54 Å². The lowest BCUT2D eigenvalue weighted by Gasteiger charge is -2.17. The normalized spacial score (nSPS) is 10.0. The fraction of sp³-hybridized carbons (Fsp3) is 0.125. The maximum atomic E-state index is 12.4. The second-order valence-electron chi connectivity index (χ2n) is 4.63. The second-order valence-corrected chi connectivity index (χ2v) is 5.98. The minimum atomic E-state index is -0.109. The van der Waals surface area contributed by atoms with Gasteiger partial charge in [0.25, 0.3) is 5.91 Å². The molecule has 2 rings (SSSR count). The van der Waals surface area contributed by atoms with Gasteiger partial charge in [0, 0.05) is 28.7 Å². The Morgan fingerprint density at radius 1 is 1.29 bits per heavy atom. The van der Waals surface area contributed by atoms with Crippen molar-refractivity contribution in [3.63, 3.8) is 0 Å². The Morgan fingerprint density at radius 2 is 1.95 bits per heavy atom. The van der Waals surface area contributed by atoms with Crippen LogP contribution in [0.1, 0.15) is 21.5 Å². The molecule has 1 amide bonds. The molecule has 0 radical (unpaired) electrons. The van der Waals surface area contributed by atoms with E-state index in [0.717, 1.165) is 10.0 Å². The molecule has 106 valence electrons. The molecule has 2 aromatic rings. The van der Waals surface area contributed by atoms with Gasteiger partial charge in [-0.3, -0.25) is 4.79 Å². The number of amides is 1. The highest BCUT2D eigenvalue weighted by molar-refractivity contribution is 9.10. The first-order valence-corrected chi connectivity index (χ1v) is 7.37. The molecule has 0 atom stereocenters. The summed E-state index contributed by atoms with van der Waals surface area (Å²) in [7, 11) is 1.73. The van der Waals surface area contributed by atoms with Crippen LogP contribution < -0.4 is 0 Å². The van der Waals surface area contributed by atoms with Crippen LogP contribution in [-0.4, -0.2) is 17.9 Å². The lowest BCUT2D eigenvalue weighted by Crippen LogP contribution is -2.26. The zero-order valence-corrected chi connectivity index (χ0v) is 13.6. The summed E-state index contributed by atoms with van der Waals surface area (Å²) in [4.78, 5) is 14.0. The first-order chi connectivity index (χ1) is 9.99. The van der Waals surface area contributed by atoms with Gasteiger partial charge in [-0.25, -0.2) is 0 Å². The number of nitriles is 1. The van der Waals surface area contributed by atoms with Crippen LogP contribution in [0.15, 0.2) is 46.9 Å². The van der Waals surface area contributed by atoms with Crippen molar-refractivity contribution in [2.24, 2.45) is 0 Å². The molecule has 0 aromatic heterocycles. The minimum Gasteiger partial charge on any atom is -0.337 e. The average Bonchev–Trinajstić information content (AvgIpc) is 2.46. The molecule has 0 fully saturated rings. The zero-order valence-electron chi connectivity index (χ0n) is 11.3. The van der Waals surface area contributed by atoms with Crippen LogP contribution in [-0.2, 0) is 6.54 Å². The molecule has 0 saturated heterocycles. The second kappa shape index (κ2) is 6.75. The van der Waals surface area contributed by atoms with E-state index < -0.39 is 0 Å². The van der Waals surface area contributed by atoms with Crippen molar-refractivity contribution in [3.8, 4) is 6.07 Å². The summed E-state index contributed by atoms with van der Waals surface area (Å²) in [5.41, 5.74) is 2.10. The summed E-state index contributed by atoms with van der Waals surface area (Å²) < 4.78 is 0.769. The number of halogens is 2. The van der Waals surface area contributed by atoms with Crippen molar-refractivity contribution < 1.29 is 4.79 Å². The Morgan fingerprint density at radius 3 is 2.52 bits per heavy atom. The van der Waals surface area contributed by atoms with Gasteiger partial charge in [-0.15, -0.1) is 0 Å². The van der Waals surface area contributed by atoms with Gasteiger partial charge in [-0.2, -0.15) is 5.26 Å². The van der Waals surface area contributed by atoms with Gasteiger partial charge < -0.3 is 4.90 Å². The number of benzene rings is 2. The molecular formula is C16H12BrClN2O. The van der Waals surface area contributed by atoms with E-state index in [2.05, 4.69) is 22.0 Å². The van der Waals surface area contributed by atoms with E-state index >= 15 is 0 Å². The van der Waals surface area contributed by atoms with E-state index in [9.17, 15) is 4.79 Å². The van der Waals surface area contributed by atoms with Crippen LogP contribution in [0.4, 0.5) is 0 Å². The molecule has 0 spiro atoms. The van der Waals surface area contributed by atoms with Crippen molar-refractivity contribution in [3.05, 3.63) is 68.7 Å². The fourth-order valence-electron chi connectivity index (χ4n) is 1.93. The van der Waals surface area contributed by atoms with Crippen LogP contribution >= 0.6 is 27.5 Å². The van der Waals surface area contributed by atoms with Crippen LogP contribution in [0, 0.1) is 11.3 Å². The van der Waals surface area contributed by atoms with Gasteiger partial charge in [0.05, 0.1) is 11.6 Å². The summed E-state index contributed by atoms with van der Waals surface area (Å²) >= 11 is 9.29. The number of hydrogen-bond acceptors (Lipinski definition) is 2. The van der Waals surface area contributed by atoms with E-state index in [-0.39, 0.29) is 5.91 Å². The summed E-state index contributed by atoms with van der Waals surface area (Å²) in [6.45, 7) is 0.467. The van der Waals surface area contributed by atoms with Crippen molar-refractivity contribution >= 4 is 33.4 Å². The molecule has 2 aromatic carbocycles. The number of carbonyl (C=O) groups excluding carboxylic acids is 1. The number of nitrogens with zero attached hydrogens (tertiary/aromatic N) is 2. The van der Waals surface area contributed by atoms with Gasteiger partial charge in [0.2, 0.25) is 0 Å². The average molecular weight is 364 g/mol. The molecule has 3 nitrogen and oxygen atoms in total. The van der Waals surface area contributed by atoms with E-state index in [1.54, 1.807) is 42.3 Å². The third kappa shape index (κ3) is 4.07. The van der Waals surface area contributed by atoms with Crippen molar-refractivity contribution in [1.29, 1.82) is 5.26 Å². The van der Waals surface area contributed by atoms with Gasteiger partial charge in [0.1, 0.15) is 0 Å². The number of rotatable bonds is 3. The molecule has 0 aliphatic carbocycles. The zero-order chi connectivity index (χ0) is 15.4. The third-order valence-electron chi connectivity index (χ3n) is 2.96. The fourth-order valence-corrected chi connectivity index (χ4v) is 2.79. The molecule has 0 N–H and O–H groups in total. The smallest absolute Gasteiger partial charge is 0.253 e. The quantitative estimate of drug-likeness (QED) is 0.818. The van der Waals surface area contributed by atoms with Crippen molar-refractivity contribution in [2.75, 3.05) is 7.05 Å². The van der Waals surface area contributed by atoms with Gasteiger partial charge >= 0.3 is 0 Å². The van der Waals surface area contributed by atoms with Gasteiger partial charge in [-0.1, -0.05) is 39.7 Å². The molecule has 0 aliphatic rings. The predicted octanol–water partition coefficient (Wildman–Crippen LogP) is 4.25. The molecule has 0 bridgehead atoms. The Labute approximate surface area is 136 Å². The Hall–Kier alpha value is -1.83. The monoisotopic (exact) mass is 362 g/mol. The van der Waals surface area contributed by atoms with Gasteiger partial charge in [-0.05, 0) is 35.9 Å². The maximum absolute atomic E-state index is 12.4. The van der Waals surface area contributed by atoms with E-state index in [1.807, 2.05) is 12.1 Å². The number of hydrogen-bond donors (Lipinski definition) is 0. The highest BCUT2D eigenvalue weighted by Crippen LogP contribution is 2.21. The van der Waals surface area contributed by atoms with Crippen LogP contribution in [0.3, 0.4) is 0 Å². The minimum absolute atomic E-state index is 0.109. The van der Waals surface area contributed by atoms with Crippen LogP contribution in [0.2, 0.25) is 5.02 Å². The summed E-state index contributed by atoms with van der Waals surface area (Å²) in [5.74, 6) is -0.109. The Kier molecular flexibility index (Phi) is 5.00. The molecule has 5 heteroatoms. The van der Waals surface area contributed by atoms with E-state index in [4.69, 9.17) is 16.9 Å². The van der Waals surface area contributed by atoms with E-state index in [0.29, 0.717) is 22.7 Å². The first kappa shape index (κ1) is 15.6. The summed E-state index contributed by atoms with van der Waals surface area (Å²) in [6.07, 6.45) is 0. The maximum Gasteiger partial charge on any atom is 0.253 e. The molecular weight excluding hydrogens is 352 g/mol. The summed E-state index contributed by atoms with van der Waals surface area (Å²) in [6, 6.07) is 14.4. The molecule has 0 heterocycles. The predicted molar refractivity (Wildman–Crippen MR) is 86.1 cm³/mol. The van der Waals surface area contributed by atoms with Crippen LogP contribution in [0.5, 0.6) is 0 Å². The molecule has 0 aliphatic heterocycles. The molecule has 0 saturated carbocycles. The summed E-state index contributed by atoms with van der Waals surface area (Å²) in [5, 5.41) is 9.28. The number of carbonyl (C=O) groups is 1. The van der Waals surface area contributed by atoms with Crippen LogP contribution in [0.25, 0.3) is 0 Å². The first-order valence-electron chi connectivity index (χ1n) is 6.20. The Bertz CT molecular complexity index is 687. The van der Waals surface area contributed by atoms with E-state index in [1.165, 1.54) is 0 Å². The topological polar surface area (TPSA) is 44.1 Å². The largest absolute Gasteiger partial charge is 0.337 e.